The Bertz CT molecular complexity index is 1110. The first-order valence-corrected chi connectivity index (χ1v) is 11.0. The van der Waals surface area contributed by atoms with Crippen molar-refractivity contribution in [1.29, 1.82) is 0 Å². The highest BCUT2D eigenvalue weighted by atomic mass is 35.5. The van der Waals surface area contributed by atoms with Crippen molar-refractivity contribution in [3.05, 3.63) is 64.2 Å². The van der Waals surface area contributed by atoms with Crippen LogP contribution in [0.1, 0.15) is 11.4 Å². The van der Waals surface area contributed by atoms with Crippen LogP contribution in [0.5, 0.6) is 5.75 Å². The summed E-state index contributed by atoms with van der Waals surface area (Å²) in [5, 5.41) is 8.41. The number of ether oxygens (including phenoxy) is 1. The number of benzene rings is 2. The van der Waals surface area contributed by atoms with Gasteiger partial charge in [-0.15, -0.1) is 0 Å². The minimum atomic E-state index is -0.106. The summed E-state index contributed by atoms with van der Waals surface area (Å²) in [6.07, 6.45) is 1.67. The normalized spacial score (nSPS) is 13.9. The number of anilines is 1. The first kappa shape index (κ1) is 22.2. The zero-order valence-electron chi connectivity index (χ0n) is 17.9. The highest BCUT2D eigenvalue weighted by Crippen LogP contribution is 2.29. The average Bonchev–Trinajstić information content (AvgIpc) is 3.24. The minimum absolute atomic E-state index is 0.106. The highest BCUT2D eigenvalue weighted by molar-refractivity contribution is 6.35. The van der Waals surface area contributed by atoms with Gasteiger partial charge in [-0.1, -0.05) is 29.3 Å². The van der Waals surface area contributed by atoms with Gasteiger partial charge in [-0.3, -0.25) is 0 Å². The molecule has 1 aromatic heterocycles. The molecule has 4 rings (SSSR count). The van der Waals surface area contributed by atoms with E-state index in [1.54, 1.807) is 30.3 Å². The summed E-state index contributed by atoms with van der Waals surface area (Å²) in [5.74, 6) is 1.41. The molecule has 1 aliphatic heterocycles. The summed E-state index contributed by atoms with van der Waals surface area (Å²) in [7, 11) is 1.64. The Kier molecular flexibility index (Phi) is 6.72. The van der Waals surface area contributed by atoms with Crippen molar-refractivity contribution in [2.24, 2.45) is 0 Å². The van der Waals surface area contributed by atoms with Gasteiger partial charge in [0.05, 0.1) is 7.11 Å². The molecular formula is C22H24Cl2N6O2. The van der Waals surface area contributed by atoms with Gasteiger partial charge in [-0.05, 0) is 36.8 Å². The third-order valence-electron chi connectivity index (χ3n) is 5.39. The SMILES string of the molecule is COc1cc(N2CCN(C(=O)NCc3ccc(Cl)cc3Cl)CC2)ccc1-n1cnc(C)n1. The number of aromatic nitrogens is 3. The maximum atomic E-state index is 12.6. The molecule has 0 unspecified atom stereocenters. The number of carbonyl (C=O) groups is 1. The first-order chi connectivity index (χ1) is 15.4. The number of amides is 2. The number of rotatable bonds is 5. The van der Waals surface area contributed by atoms with Crippen LogP contribution < -0.4 is 15.0 Å². The van der Waals surface area contributed by atoms with Crippen LogP contribution >= 0.6 is 23.2 Å². The molecule has 1 aliphatic rings. The van der Waals surface area contributed by atoms with Gasteiger partial charge in [0.15, 0.2) is 0 Å². The van der Waals surface area contributed by atoms with Crippen molar-refractivity contribution in [1.82, 2.24) is 25.0 Å². The molecular weight excluding hydrogens is 451 g/mol. The molecule has 0 atom stereocenters. The molecule has 1 fully saturated rings. The second-order valence-electron chi connectivity index (χ2n) is 7.46. The van der Waals surface area contributed by atoms with E-state index in [1.165, 1.54) is 0 Å². The Morgan fingerprint density at radius 1 is 1.12 bits per heavy atom. The van der Waals surface area contributed by atoms with Crippen LogP contribution in [-0.4, -0.2) is 59.0 Å². The zero-order valence-corrected chi connectivity index (χ0v) is 19.4. The lowest BCUT2D eigenvalue weighted by Gasteiger charge is -2.36. The average molecular weight is 475 g/mol. The highest BCUT2D eigenvalue weighted by Gasteiger charge is 2.22. The molecule has 1 N–H and O–H groups in total. The fourth-order valence-corrected chi connectivity index (χ4v) is 4.10. The van der Waals surface area contributed by atoms with Crippen LogP contribution in [0, 0.1) is 6.92 Å². The van der Waals surface area contributed by atoms with Crippen LogP contribution in [-0.2, 0) is 6.54 Å². The molecule has 0 aliphatic carbocycles. The number of halogens is 2. The Balaban J connectivity index is 1.35. The monoisotopic (exact) mass is 474 g/mol. The van der Waals surface area contributed by atoms with Gasteiger partial charge in [-0.25, -0.2) is 14.5 Å². The minimum Gasteiger partial charge on any atom is -0.494 e. The summed E-state index contributed by atoms with van der Waals surface area (Å²) in [6.45, 7) is 4.88. The molecule has 10 heteroatoms. The van der Waals surface area contributed by atoms with Gasteiger partial charge in [0.1, 0.15) is 23.6 Å². The lowest BCUT2D eigenvalue weighted by atomic mass is 10.2. The summed E-state index contributed by atoms with van der Waals surface area (Å²) in [5.41, 5.74) is 2.70. The van der Waals surface area contributed by atoms with E-state index >= 15 is 0 Å². The molecule has 2 heterocycles. The van der Waals surface area contributed by atoms with Gasteiger partial charge >= 0.3 is 6.03 Å². The molecule has 0 bridgehead atoms. The van der Waals surface area contributed by atoms with E-state index in [0.29, 0.717) is 41.3 Å². The molecule has 2 aromatic carbocycles. The Labute approximate surface area is 196 Å². The van der Waals surface area contributed by atoms with Crippen LogP contribution in [0.2, 0.25) is 10.0 Å². The second-order valence-corrected chi connectivity index (χ2v) is 8.30. The van der Waals surface area contributed by atoms with Gasteiger partial charge in [-0.2, -0.15) is 5.10 Å². The Morgan fingerprint density at radius 3 is 2.56 bits per heavy atom. The fourth-order valence-electron chi connectivity index (χ4n) is 3.63. The third-order valence-corrected chi connectivity index (χ3v) is 5.98. The number of methoxy groups -OCH3 is 1. The predicted octanol–water partition coefficient (Wildman–Crippen LogP) is 3.92. The van der Waals surface area contributed by atoms with Gasteiger partial charge in [0, 0.05) is 54.5 Å². The molecule has 1 saturated heterocycles. The Hall–Kier alpha value is -2.97. The number of urea groups is 1. The quantitative estimate of drug-likeness (QED) is 0.606. The number of carbonyl (C=O) groups excluding carboxylic acids is 1. The first-order valence-electron chi connectivity index (χ1n) is 10.2. The van der Waals surface area contributed by atoms with E-state index in [0.717, 1.165) is 30.0 Å². The lowest BCUT2D eigenvalue weighted by Crippen LogP contribution is -2.51. The van der Waals surface area contributed by atoms with E-state index in [4.69, 9.17) is 27.9 Å². The number of hydrogen-bond acceptors (Lipinski definition) is 5. The van der Waals surface area contributed by atoms with Crippen LogP contribution in [0.3, 0.4) is 0 Å². The summed E-state index contributed by atoms with van der Waals surface area (Å²) in [4.78, 5) is 20.8. The number of nitrogens with zero attached hydrogens (tertiary/aromatic N) is 5. The second kappa shape index (κ2) is 9.67. The van der Waals surface area contributed by atoms with Crippen molar-refractivity contribution in [3.63, 3.8) is 0 Å². The number of piperazine rings is 1. The summed E-state index contributed by atoms with van der Waals surface area (Å²) < 4.78 is 7.28. The number of nitrogens with one attached hydrogen (secondary N) is 1. The maximum Gasteiger partial charge on any atom is 0.317 e. The largest absolute Gasteiger partial charge is 0.494 e. The summed E-state index contributed by atoms with van der Waals surface area (Å²) in [6, 6.07) is 11.1. The van der Waals surface area contributed by atoms with Gasteiger partial charge in [0.2, 0.25) is 0 Å². The van der Waals surface area contributed by atoms with Gasteiger partial charge in [0.25, 0.3) is 0 Å². The lowest BCUT2D eigenvalue weighted by molar-refractivity contribution is 0.194. The van der Waals surface area contributed by atoms with Crippen LogP contribution in [0.4, 0.5) is 10.5 Å². The van der Waals surface area contributed by atoms with Crippen molar-refractivity contribution in [2.45, 2.75) is 13.5 Å². The van der Waals surface area contributed by atoms with E-state index in [1.807, 2.05) is 36.1 Å². The van der Waals surface area contributed by atoms with E-state index in [2.05, 4.69) is 20.3 Å². The van der Waals surface area contributed by atoms with Crippen molar-refractivity contribution >= 4 is 34.9 Å². The third kappa shape index (κ3) is 4.92. The standard InChI is InChI=1S/C22H24Cl2N6O2/c1-15-26-14-30(27-15)20-6-5-18(12-21(20)32-2)28-7-9-29(10-8-28)22(31)25-13-16-3-4-17(23)11-19(16)24/h3-6,11-12,14H,7-10,13H2,1-2H3,(H,25,31). The van der Waals surface area contributed by atoms with E-state index < -0.39 is 0 Å². The molecule has 0 saturated carbocycles. The van der Waals surface area contributed by atoms with E-state index in [9.17, 15) is 4.79 Å². The molecule has 0 spiro atoms. The van der Waals surface area contributed by atoms with E-state index in [-0.39, 0.29) is 6.03 Å². The predicted molar refractivity (Wildman–Crippen MR) is 125 cm³/mol. The molecule has 8 nitrogen and oxygen atoms in total. The van der Waals surface area contributed by atoms with Gasteiger partial charge < -0.3 is 19.9 Å². The fraction of sp³-hybridized carbons (Fsp3) is 0.318. The van der Waals surface area contributed by atoms with Crippen molar-refractivity contribution in [2.75, 3.05) is 38.2 Å². The summed E-state index contributed by atoms with van der Waals surface area (Å²) >= 11 is 12.1. The van der Waals surface area contributed by atoms with Crippen molar-refractivity contribution < 1.29 is 9.53 Å². The molecule has 2 amide bonds. The molecule has 0 radical (unpaired) electrons. The van der Waals surface area contributed by atoms with Crippen LogP contribution in [0.25, 0.3) is 5.69 Å². The number of aryl methyl sites for hydroxylation is 1. The zero-order chi connectivity index (χ0) is 22.7. The topological polar surface area (TPSA) is 75.5 Å². The van der Waals surface area contributed by atoms with Crippen molar-refractivity contribution in [3.8, 4) is 11.4 Å². The Morgan fingerprint density at radius 2 is 1.91 bits per heavy atom. The molecule has 3 aromatic rings. The van der Waals surface area contributed by atoms with Crippen LogP contribution in [0.15, 0.2) is 42.7 Å². The smallest absolute Gasteiger partial charge is 0.317 e. The number of hydrogen-bond donors (Lipinski definition) is 1. The molecule has 168 valence electrons. The maximum absolute atomic E-state index is 12.6. The molecule has 32 heavy (non-hydrogen) atoms.